The van der Waals surface area contributed by atoms with Gasteiger partial charge in [-0.15, -0.1) is 0 Å². The Morgan fingerprint density at radius 2 is 1.74 bits per heavy atom. The van der Waals surface area contributed by atoms with E-state index in [9.17, 15) is 19.8 Å². The van der Waals surface area contributed by atoms with Crippen LogP contribution in [0.15, 0.2) is 12.7 Å². The fraction of sp³-hybridized carbons (Fsp3) is 0.650. The van der Waals surface area contributed by atoms with Gasteiger partial charge in [0.05, 0.1) is 11.7 Å². The number of rotatable bonds is 4. The Hall–Kier alpha value is -2.63. The van der Waals surface area contributed by atoms with Crippen LogP contribution in [0.3, 0.4) is 0 Å². The van der Waals surface area contributed by atoms with Gasteiger partial charge in [0.25, 0.3) is 0 Å². The zero-order valence-corrected chi connectivity index (χ0v) is 18.4. The first-order chi connectivity index (χ1) is 14.2. The number of nitrogen functional groups attached to an aromatic ring is 1. The van der Waals surface area contributed by atoms with E-state index in [1.165, 1.54) is 17.2 Å². The maximum atomic E-state index is 13.1. The van der Waals surface area contributed by atoms with Crippen molar-refractivity contribution in [2.45, 2.75) is 72.2 Å². The smallest absolute Gasteiger partial charge is 0.312 e. The number of imidazole rings is 1. The molecule has 0 aliphatic carbocycles. The van der Waals surface area contributed by atoms with E-state index in [-0.39, 0.29) is 11.5 Å². The molecule has 11 heteroatoms. The van der Waals surface area contributed by atoms with E-state index in [1.54, 1.807) is 41.5 Å². The summed E-state index contributed by atoms with van der Waals surface area (Å²) in [7, 11) is 0. The normalized spacial score (nSPS) is 25.5. The van der Waals surface area contributed by atoms with Crippen LogP contribution in [0.5, 0.6) is 0 Å². The maximum absolute atomic E-state index is 13.1. The SMILES string of the molecule is CC(C)(C)C(=O)OC(C(=O)C(C)(C)C)[C@H]1O[C@@H](n2cnc3c(N)ncnc32)[C@H](O)[C@@H]1O. The Bertz CT molecular complexity index is 992. The monoisotopic (exact) mass is 435 g/mol. The summed E-state index contributed by atoms with van der Waals surface area (Å²) in [6, 6.07) is 0. The number of aromatic nitrogens is 4. The number of hydrogen-bond acceptors (Lipinski definition) is 10. The van der Waals surface area contributed by atoms with Crippen LogP contribution in [0.25, 0.3) is 11.2 Å². The molecule has 0 saturated carbocycles. The second-order valence-electron chi connectivity index (χ2n) is 9.75. The molecule has 1 unspecified atom stereocenters. The molecule has 3 heterocycles. The van der Waals surface area contributed by atoms with Crippen molar-refractivity contribution >= 4 is 28.7 Å². The van der Waals surface area contributed by atoms with Crippen molar-refractivity contribution in [3.05, 3.63) is 12.7 Å². The molecule has 3 rings (SSSR count). The zero-order valence-electron chi connectivity index (χ0n) is 18.4. The number of aliphatic hydroxyl groups is 2. The fourth-order valence-electron chi connectivity index (χ4n) is 3.21. The minimum absolute atomic E-state index is 0.147. The van der Waals surface area contributed by atoms with E-state index < -0.39 is 53.2 Å². The number of nitrogens with two attached hydrogens (primary N) is 1. The average molecular weight is 435 g/mol. The van der Waals surface area contributed by atoms with Crippen LogP contribution >= 0.6 is 0 Å². The van der Waals surface area contributed by atoms with E-state index >= 15 is 0 Å². The first kappa shape index (κ1) is 23.0. The summed E-state index contributed by atoms with van der Waals surface area (Å²) in [6.07, 6.45) is -4.22. The molecule has 1 saturated heterocycles. The van der Waals surface area contributed by atoms with Crippen LogP contribution in [0.4, 0.5) is 5.82 Å². The lowest BCUT2D eigenvalue weighted by molar-refractivity contribution is -0.178. The molecule has 170 valence electrons. The highest BCUT2D eigenvalue weighted by Crippen LogP contribution is 2.36. The van der Waals surface area contributed by atoms with Crippen molar-refractivity contribution in [3.63, 3.8) is 0 Å². The quantitative estimate of drug-likeness (QED) is 0.580. The molecule has 1 aliphatic heterocycles. The highest BCUT2D eigenvalue weighted by Gasteiger charge is 2.53. The lowest BCUT2D eigenvalue weighted by Crippen LogP contribution is -2.50. The molecule has 0 amide bonds. The van der Waals surface area contributed by atoms with Gasteiger partial charge in [0.1, 0.15) is 30.2 Å². The molecule has 0 spiro atoms. The Kier molecular flexibility index (Phi) is 5.80. The largest absolute Gasteiger partial charge is 0.451 e. The molecule has 5 atom stereocenters. The van der Waals surface area contributed by atoms with Gasteiger partial charge in [0, 0.05) is 5.41 Å². The van der Waals surface area contributed by atoms with E-state index in [1.807, 2.05) is 0 Å². The standard InChI is InChI=1S/C20H29N5O6/c1-19(2,3)14(28)13(31-18(29)20(4,5)6)12-10(26)11(27)17(30-12)25-8-24-9-15(21)22-7-23-16(9)25/h7-8,10-13,17,26-27H,1-6H3,(H2,21,22,23)/t10-,11+,12-,13?,17+/m0/s1. The molecule has 31 heavy (non-hydrogen) atoms. The van der Waals surface area contributed by atoms with E-state index in [2.05, 4.69) is 15.0 Å². The third-order valence-corrected chi connectivity index (χ3v) is 5.08. The zero-order chi connectivity index (χ0) is 23.3. The van der Waals surface area contributed by atoms with Crippen molar-refractivity contribution in [2.75, 3.05) is 5.73 Å². The highest BCUT2D eigenvalue weighted by molar-refractivity contribution is 5.91. The number of fused-ring (bicyclic) bond motifs is 1. The number of ether oxygens (including phenoxy) is 2. The van der Waals surface area contributed by atoms with Crippen LogP contribution < -0.4 is 5.73 Å². The van der Waals surface area contributed by atoms with Gasteiger partial charge >= 0.3 is 5.97 Å². The molecule has 0 radical (unpaired) electrons. The summed E-state index contributed by atoms with van der Waals surface area (Å²) in [5, 5.41) is 21.5. The Morgan fingerprint density at radius 1 is 1.10 bits per heavy atom. The van der Waals surface area contributed by atoms with Gasteiger partial charge in [-0.2, -0.15) is 0 Å². The van der Waals surface area contributed by atoms with Gasteiger partial charge in [0.15, 0.2) is 29.6 Å². The molecule has 1 aliphatic rings. The van der Waals surface area contributed by atoms with Crippen molar-refractivity contribution in [1.82, 2.24) is 19.5 Å². The number of nitrogens with zero attached hydrogens (tertiary/aromatic N) is 4. The molecular weight excluding hydrogens is 406 g/mol. The van der Waals surface area contributed by atoms with E-state index in [4.69, 9.17) is 15.2 Å². The van der Waals surface area contributed by atoms with Gasteiger partial charge in [-0.25, -0.2) is 15.0 Å². The van der Waals surface area contributed by atoms with Crippen molar-refractivity contribution in [1.29, 1.82) is 0 Å². The molecular formula is C20H29N5O6. The van der Waals surface area contributed by atoms with Gasteiger partial charge in [-0.3, -0.25) is 14.2 Å². The summed E-state index contributed by atoms with van der Waals surface area (Å²) >= 11 is 0. The predicted octanol–water partition coefficient (Wildman–Crippen LogP) is 0.601. The van der Waals surface area contributed by atoms with Crippen molar-refractivity contribution in [2.24, 2.45) is 10.8 Å². The number of Topliss-reactive ketones (excluding diaryl/α,β-unsaturated/α-hetero) is 1. The molecule has 11 nitrogen and oxygen atoms in total. The van der Waals surface area contributed by atoms with Crippen LogP contribution in [-0.2, 0) is 19.1 Å². The van der Waals surface area contributed by atoms with Gasteiger partial charge in [-0.1, -0.05) is 20.8 Å². The molecule has 1 fully saturated rings. The third-order valence-electron chi connectivity index (χ3n) is 5.08. The molecule has 2 aromatic heterocycles. The molecule has 0 aromatic carbocycles. The summed E-state index contributed by atoms with van der Waals surface area (Å²) < 4.78 is 12.8. The van der Waals surface area contributed by atoms with E-state index in [0.29, 0.717) is 5.52 Å². The Morgan fingerprint density at radius 3 is 2.32 bits per heavy atom. The highest BCUT2D eigenvalue weighted by atomic mass is 16.6. The number of hydrogen-bond donors (Lipinski definition) is 3. The summed E-state index contributed by atoms with van der Waals surface area (Å²) in [5.74, 6) is -0.922. The topological polar surface area (TPSA) is 163 Å². The number of esters is 1. The number of carbonyl (C=O) groups is 2. The number of carbonyl (C=O) groups excluding carboxylic acids is 2. The van der Waals surface area contributed by atoms with Crippen molar-refractivity contribution in [3.8, 4) is 0 Å². The minimum atomic E-state index is -1.51. The van der Waals surface area contributed by atoms with Crippen LogP contribution in [-0.4, -0.2) is 65.9 Å². The van der Waals surface area contributed by atoms with Crippen LogP contribution in [0.2, 0.25) is 0 Å². The lowest BCUT2D eigenvalue weighted by atomic mass is 9.84. The second kappa shape index (κ2) is 7.81. The first-order valence-corrected chi connectivity index (χ1v) is 9.93. The first-order valence-electron chi connectivity index (χ1n) is 9.93. The Labute approximate surface area is 179 Å². The average Bonchev–Trinajstić information content (AvgIpc) is 3.20. The number of ketones is 1. The maximum Gasteiger partial charge on any atom is 0.312 e. The fourth-order valence-corrected chi connectivity index (χ4v) is 3.21. The Balaban J connectivity index is 1.97. The summed E-state index contributed by atoms with van der Waals surface area (Å²) in [5.41, 5.74) is 4.62. The molecule has 4 N–H and O–H groups in total. The van der Waals surface area contributed by atoms with Crippen molar-refractivity contribution < 1.29 is 29.3 Å². The number of aliphatic hydroxyl groups excluding tert-OH is 2. The summed E-state index contributed by atoms with van der Waals surface area (Å²) in [6.45, 7) is 9.97. The lowest BCUT2D eigenvalue weighted by Gasteiger charge is -2.31. The van der Waals surface area contributed by atoms with Gasteiger partial charge in [-0.05, 0) is 20.8 Å². The minimum Gasteiger partial charge on any atom is -0.451 e. The molecule has 0 bridgehead atoms. The second-order valence-corrected chi connectivity index (χ2v) is 9.75. The third kappa shape index (κ3) is 4.25. The van der Waals surface area contributed by atoms with Gasteiger partial charge < -0.3 is 25.4 Å². The summed E-state index contributed by atoms with van der Waals surface area (Å²) in [4.78, 5) is 37.8. The van der Waals surface area contributed by atoms with Crippen LogP contribution in [0.1, 0.15) is 47.8 Å². The van der Waals surface area contributed by atoms with E-state index in [0.717, 1.165) is 0 Å². The number of anilines is 1. The molecule has 2 aromatic rings. The predicted molar refractivity (Wildman–Crippen MR) is 109 cm³/mol. The van der Waals surface area contributed by atoms with Gasteiger partial charge in [0.2, 0.25) is 0 Å². The van der Waals surface area contributed by atoms with Crippen LogP contribution in [0, 0.1) is 10.8 Å².